The Hall–Kier alpha value is -1.10. The summed E-state index contributed by atoms with van der Waals surface area (Å²) < 4.78 is 10.8. The Morgan fingerprint density at radius 1 is 1.25 bits per heavy atom. The lowest BCUT2D eigenvalue weighted by molar-refractivity contribution is 0.107. The summed E-state index contributed by atoms with van der Waals surface area (Å²) in [6.45, 7) is 0.706. The van der Waals surface area contributed by atoms with Gasteiger partial charge >= 0.3 is 0 Å². The van der Waals surface area contributed by atoms with Crippen molar-refractivity contribution in [1.82, 2.24) is 10.1 Å². The van der Waals surface area contributed by atoms with Crippen LogP contribution in [0.3, 0.4) is 0 Å². The van der Waals surface area contributed by atoms with E-state index in [9.17, 15) is 0 Å². The van der Waals surface area contributed by atoms with Crippen molar-refractivity contribution in [1.29, 1.82) is 0 Å². The van der Waals surface area contributed by atoms with Gasteiger partial charge < -0.3 is 9.26 Å². The van der Waals surface area contributed by atoms with E-state index in [4.69, 9.17) is 32.5 Å². The number of hydrogen-bond donors (Lipinski definition) is 0. The fraction of sp³-hybridized carbons (Fsp3) is 0.429. The predicted molar refractivity (Wildman–Crippen MR) is 75.8 cm³/mol. The van der Waals surface area contributed by atoms with E-state index in [-0.39, 0.29) is 12.0 Å². The molecule has 20 heavy (non-hydrogen) atoms. The van der Waals surface area contributed by atoms with Crippen LogP contribution >= 0.6 is 23.2 Å². The minimum Gasteiger partial charge on any atom is -0.373 e. The van der Waals surface area contributed by atoms with E-state index >= 15 is 0 Å². The number of alkyl halides is 1. The van der Waals surface area contributed by atoms with Gasteiger partial charge in [-0.25, -0.2) is 0 Å². The van der Waals surface area contributed by atoms with Crippen LogP contribution in [0.2, 0.25) is 5.02 Å². The first-order valence-electron chi connectivity index (χ1n) is 6.49. The summed E-state index contributed by atoms with van der Waals surface area (Å²) in [6.07, 6.45) is 1.83. The van der Waals surface area contributed by atoms with E-state index in [2.05, 4.69) is 10.1 Å². The van der Waals surface area contributed by atoms with Gasteiger partial charge in [-0.2, -0.15) is 4.98 Å². The second-order valence-corrected chi connectivity index (χ2v) is 5.62. The van der Waals surface area contributed by atoms with Crippen molar-refractivity contribution in [2.24, 2.45) is 5.92 Å². The van der Waals surface area contributed by atoms with Crippen molar-refractivity contribution in [3.8, 4) is 0 Å². The highest BCUT2D eigenvalue weighted by atomic mass is 35.5. The van der Waals surface area contributed by atoms with Gasteiger partial charge in [0.05, 0.1) is 12.7 Å². The molecule has 1 aromatic heterocycles. The summed E-state index contributed by atoms with van der Waals surface area (Å²) in [5.41, 5.74) is 1.16. The second kappa shape index (κ2) is 6.12. The summed E-state index contributed by atoms with van der Waals surface area (Å²) in [4.78, 5) is 4.22. The Morgan fingerprint density at radius 3 is 2.75 bits per heavy atom. The molecule has 1 aliphatic heterocycles. The van der Waals surface area contributed by atoms with Gasteiger partial charge in [0, 0.05) is 11.4 Å². The molecular weight excluding hydrogens is 299 g/mol. The van der Waals surface area contributed by atoms with Crippen molar-refractivity contribution in [2.45, 2.75) is 24.8 Å². The van der Waals surface area contributed by atoms with Crippen LogP contribution < -0.4 is 0 Å². The first kappa shape index (κ1) is 13.9. The van der Waals surface area contributed by atoms with Gasteiger partial charge in [-0.15, -0.1) is 11.6 Å². The van der Waals surface area contributed by atoms with Crippen LogP contribution in [0.15, 0.2) is 28.8 Å². The predicted octanol–water partition coefficient (Wildman–Crippen LogP) is 3.78. The van der Waals surface area contributed by atoms with E-state index < -0.39 is 0 Å². The van der Waals surface area contributed by atoms with Crippen molar-refractivity contribution < 1.29 is 9.26 Å². The lowest BCUT2D eigenvalue weighted by atomic mass is 9.98. The molecule has 1 unspecified atom stereocenters. The van der Waals surface area contributed by atoms with E-state index in [1.165, 1.54) is 0 Å². The molecule has 2 aromatic rings. The molecule has 2 atom stereocenters. The summed E-state index contributed by atoms with van der Waals surface area (Å²) in [7, 11) is 0. The average Bonchev–Trinajstić information content (AvgIpc) is 3.09. The van der Waals surface area contributed by atoms with E-state index in [0.717, 1.165) is 23.4 Å². The van der Waals surface area contributed by atoms with Gasteiger partial charge in [-0.3, -0.25) is 0 Å². The molecule has 1 aliphatic rings. The summed E-state index contributed by atoms with van der Waals surface area (Å²) in [5, 5.41) is 4.66. The molecular formula is C14H14Cl2N2O2. The van der Waals surface area contributed by atoms with E-state index in [1.54, 1.807) is 0 Å². The standard InChI is InChI=1S/C14H14Cl2N2O2/c15-7-14-17-13(18-20-14)6-9-5-12(19-8-9)10-1-3-11(16)4-2-10/h1-4,9,12H,5-8H2/t9?,12-/m1/s1. The quantitative estimate of drug-likeness (QED) is 0.806. The first-order valence-corrected chi connectivity index (χ1v) is 7.40. The third-order valence-electron chi connectivity index (χ3n) is 3.42. The smallest absolute Gasteiger partial charge is 0.241 e. The third kappa shape index (κ3) is 3.14. The zero-order valence-corrected chi connectivity index (χ0v) is 12.3. The van der Waals surface area contributed by atoms with Crippen LogP contribution in [-0.2, 0) is 17.0 Å². The molecule has 4 nitrogen and oxygen atoms in total. The molecule has 1 fully saturated rings. The number of hydrogen-bond acceptors (Lipinski definition) is 4. The minimum absolute atomic E-state index is 0.122. The fourth-order valence-electron chi connectivity index (χ4n) is 2.43. The highest BCUT2D eigenvalue weighted by molar-refractivity contribution is 6.30. The van der Waals surface area contributed by atoms with Gasteiger partial charge in [0.2, 0.25) is 5.89 Å². The van der Waals surface area contributed by atoms with Crippen molar-refractivity contribution in [3.05, 3.63) is 46.6 Å². The van der Waals surface area contributed by atoms with Gasteiger partial charge in [0.15, 0.2) is 5.82 Å². The summed E-state index contributed by atoms with van der Waals surface area (Å²) >= 11 is 11.5. The maximum Gasteiger partial charge on any atom is 0.241 e. The number of benzene rings is 1. The van der Waals surface area contributed by atoms with Gasteiger partial charge in [-0.05, 0) is 30.0 Å². The van der Waals surface area contributed by atoms with Crippen LogP contribution in [-0.4, -0.2) is 16.7 Å². The fourth-order valence-corrected chi connectivity index (χ4v) is 2.66. The molecule has 0 bridgehead atoms. The molecule has 106 valence electrons. The molecule has 0 radical (unpaired) electrons. The molecule has 1 aromatic carbocycles. The van der Waals surface area contributed by atoms with Crippen LogP contribution in [0.1, 0.15) is 29.8 Å². The van der Waals surface area contributed by atoms with Gasteiger partial charge in [-0.1, -0.05) is 28.9 Å². The number of ether oxygens (including phenoxy) is 1. The van der Waals surface area contributed by atoms with E-state index in [0.29, 0.717) is 24.2 Å². The highest BCUT2D eigenvalue weighted by Gasteiger charge is 2.28. The second-order valence-electron chi connectivity index (χ2n) is 4.92. The average molecular weight is 313 g/mol. The van der Waals surface area contributed by atoms with Crippen LogP contribution in [0.4, 0.5) is 0 Å². The van der Waals surface area contributed by atoms with Crippen molar-refractivity contribution in [3.63, 3.8) is 0 Å². The zero-order valence-electron chi connectivity index (χ0n) is 10.8. The Balaban J connectivity index is 1.60. The van der Waals surface area contributed by atoms with Crippen LogP contribution in [0.25, 0.3) is 0 Å². The molecule has 0 spiro atoms. The van der Waals surface area contributed by atoms with Crippen molar-refractivity contribution in [2.75, 3.05) is 6.61 Å². The van der Waals surface area contributed by atoms with Crippen LogP contribution in [0, 0.1) is 5.92 Å². The zero-order chi connectivity index (χ0) is 13.9. The summed E-state index contributed by atoms with van der Waals surface area (Å²) in [6, 6.07) is 7.80. The number of nitrogens with zero attached hydrogens (tertiary/aromatic N) is 2. The Labute approximate surface area is 127 Å². The maximum absolute atomic E-state index is 5.89. The maximum atomic E-state index is 5.89. The van der Waals surface area contributed by atoms with Gasteiger partial charge in [0.1, 0.15) is 5.88 Å². The van der Waals surface area contributed by atoms with E-state index in [1.807, 2.05) is 24.3 Å². The molecule has 3 rings (SSSR count). The first-order chi connectivity index (χ1) is 9.74. The molecule has 0 aliphatic carbocycles. The molecule has 0 saturated carbocycles. The monoisotopic (exact) mass is 312 g/mol. The molecule has 0 N–H and O–H groups in total. The Morgan fingerprint density at radius 2 is 2.05 bits per heavy atom. The number of aromatic nitrogens is 2. The Kier molecular flexibility index (Phi) is 4.24. The SMILES string of the molecule is ClCc1nc(CC2CO[C@@H](c3ccc(Cl)cc3)C2)no1. The molecule has 6 heteroatoms. The molecule has 2 heterocycles. The van der Waals surface area contributed by atoms with Crippen molar-refractivity contribution >= 4 is 23.2 Å². The lowest BCUT2D eigenvalue weighted by Crippen LogP contribution is -2.05. The van der Waals surface area contributed by atoms with Gasteiger partial charge in [0.25, 0.3) is 0 Å². The summed E-state index contributed by atoms with van der Waals surface area (Å²) in [5.74, 6) is 1.82. The largest absolute Gasteiger partial charge is 0.373 e. The third-order valence-corrected chi connectivity index (χ3v) is 3.90. The highest BCUT2D eigenvalue weighted by Crippen LogP contribution is 2.34. The number of rotatable bonds is 4. The topological polar surface area (TPSA) is 48.2 Å². The molecule has 0 amide bonds. The number of halogens is 2. The van der Waals surface area contributed by atoms with Crippen LogP contribution in [0.5, 0.6) is 0 Å². The normalized spacial score (nSPS) is 22.3. The lowest BCUT2D eigenvalue weighted by Gasteiger charge is -2.09. The Bertz CT molecular complexity index is 571. The minimum atomic E-state index is 0.122. The molecule has 1 saturated heterocycles.